The molecule has 1 saturated carbocycles. The van der Waals surface area contributed by atoms with Crippen LogP contribution < -0.4 is 14.8 Å². The second kappa shape index (κ2) is 5.65. The minimum absolute atomic E-state index is 0. The number of benzene rings is 1. The van der Waals surface area contributed by atoms with Crippen molar-refractivity contribution in [2.45, 2.75) is 25.3 Å². The Morgan fingerprint density at radius 1 is 1.11 bits per heavy atom. The lowest BCUT2D eigenvalue weighted by atomic mass is 9.91. The topological polar surface area (TPSA) is 30.5 Å². The fourth-order valence-electron chi connectivity index (χ4n) is 2.77. The molecule has 1 aromatic rings. The Morgan fingerprint density at radius 2 is 1.78 bits per heavy atom. The molecule has 18 heavy (non-hydrogen) atoms. The van der Waals surface area contributed by atoms with Crippen molar-refractivity contribution in [3.8, 4) is 11.5 Å². The lowest BCUT2D eigenvalue weighted by Gasteiger charge is -2.28. The number of halogens is 1. The molecule has 1 aliphatic carbocycles. The van der Waals surface area contributed by atoms with E-state index in [2.05, 4.69) is 17.4 Å². The third kappa shape index (κ3) is 2.45. The molecule has 1 atom stereocenters. The maximum absolute atomic E-state index is 5.40. The second-order valence-electron chi connectivity index (χ2n) is 4.93. The van der Waals surface area contributed by atoms with Gasteiger partial charge in [-0.2, -0.15) is 0 Å². The van der Waals surface area contributed by atoms with Gasteiger partial charge in [0, 0.05) is 6.04 Å². The van der Waals surface area contributed by atoms with E-state index in [9.17, 15) is 0 Å². The van der Waals surface area contributed by atoms with Crippen molar-refractivity contribution in [1.29, 1.82) is 0 Å². The van der Waals surface area contributed by atoms with Gasteiger partial charge in [0.05, 0.1) is 14.2 Å². The molecule has 0 spiro atoms. The van der Waals surface area contributed by atoms with Crippen molar-refractivity contribution in [2.24, 2.45) is 5.92 Å². The molecule has 3 nitrogen and oxygen atoms in total. The van der Waals surface area contributed by atoms with E-state index in [1.54, 1.807) is 14.2 Å². The maximum Gasteiger partial charge on any atom is 0.161 e. The standard InChI is InChI=1S/C14H19NO2.HI/c1-16-12-7-10-5-6-15-14(9-3-4-9)11(10)8-13(12)17-2;/h7-9,14-15H,3-6H2,1-2H3;1H. The largest absolute Gasteiger partial charge is 0.493 e. The van der Waals surface area contributed by atoms with Crippen LogP contribution in [0.2, 0.25) is 0 Å². The predicted molar refractivity (Wildman–Crippen MR) is 82.1 cm³/mol. The first-order valence-electron chi connectivity index (χ1n) is 6.31. The van der Waals surface area contributed by atoms with Crippen LogP contribution >= 0.6 is 24.0 Å². The van der Waals surface area contributed by atoms with Crippen molar-refractivity contribution >= 4 is 24.0 Å². The summed E-state index contributed by atoms with van der Waals surface area (Å²) in [7, 11) is 3.40. The number of hydrogen-bond donors (Lipinski definition) is 1. The van der Waals surface area contributed by atoms with E-state index in [1.165, 1.54) is 24.0 Å². The monoisotopic (exact) mass is 361 g/mol. The quantitative estimate of drug-likeness (QED) is 0.840. The summed E-state index contributed by atoms with van der Waals surface area (Å²) in [5, 5.41) is 3.63. The first-order chi connectivity index (χ1) is 8.33. The van der Waals surface area contributed by atoms with Crippen LogP contribution in [0.25, 0.3) is 0 Å². The number of hydrogen-bond acceptors (Lipinski definition) is 3. The molecule has 1 aliphatic heterocycles. The van der Waals surface area contributed by atoms with Crippen LogP contribution in [0.5, 0.6) is 11.5 Å². The van der Waals surface area contributed by atoms with E-state index in [0.29, 0.717) is 6.04 Å². The average molecular weight is 361 g/mol. The zero-order valence-corrected chi connectivity index (χ0v) is 13.2. The molecule has 0 bridgehead atoms. The van der Waals surface area contributed by atoms with Gasteiger partial charge in [-0.1, -0.05) is 0 Å². The Balaban J connectivity index is 0.00000120. The van der Waals surface area contributed by atoms with Gasteiger partial charge < -0.3 is 14.8 Å². The van der Waals surface area contributed by atoms with E-state index in [4.69, 9.17) is 9.47 Å². The highest BCUT2D eigenvalue weighted by Gasteiger charge is 2.35. The summed E-state index contributed by atoms with van der Waals surface area (Å²) < 4.78 is 10.8. The van der Waals surface area contributed by atoms with Crippen LogP contribution in [0.1, 0.15) is 30.0 Å². The molecule has 4 heteroatoms. The van der Waals surface area contributed by atoms with Crippen molar-refractivity contribution in [3.05, 3.63) is 23.3 Å². The fraction of sp³-hybridized carbons (Fsp3) is 0.571. The van der Waals surface area contributed by atoms with Gasteiger partial charge in [0.15, 0.2) is 11.5 Å². The number of rotatable bonds is 3. The van der Waals surface area contributed by atoms with Crippen LogP contribution in [-0.4, -0.2) is 20.8 Å². The number of ether oxygens (including phenoxy) is 2. The third-order valence-corrected chi connectivity index (χ3v) is 3.83. The van der Waals surface area contributed by atoms with Gasteiger partial charge in [0.25, 0.3) is 0 Å². The molecular weight excluding hydrogens is 341 g/mol. The molecular formula is C14H20INO2. The molecule has 1 N–H and O–H groups in total. The molecule has 0 amide bonds. The molecule has 1 fully saturated rings. The molecule has 1 unspecified atom stereocenters. The smallest absolute Gasteiger partial charge is 0.161 e. The number of fused-ring (bicyclic) bond motifs is 1. The first-order valence-corrected chi connectivity index (χ1v) is 6.31. The third-order valence-electron chi connectivity index (χ3n) is 3.83. The summed E-state index contributed by atoms with van der Waals surface area (Å²) >= 11 is 0. The average Bonchev–Trinajstić information content (AvgIpc) is 3.20. The van der Waals surface area contributed by atoms with Crippen LogP contribution in [0.4, 0.5) is 0 Å². The van der Waals surface area contributed by atoms with Gasteiger partial charge in [-0.25, -0.2) is 0 Å². The van der Waals surface area contributed by atoms with E-state index >= 15 is 0 Å². The highest BCUT2D eigenvalue weighted by molar-refractivity contribution is 14.0. The lowest BCUT2D eigenvalue weighted by molar-refractivity contribution is 0.351. The zero-order chi connectivity index (χ0) is 11.8. The van der Waals surface area contributed by atoms with E-state index in [-0.39, 0.29) is 24.0 Å². The maximum atomic E-state index is 5.40. The van der Waals surface area contributed by atoms with Crippen molar-refractivity contribution in [3.63, 3.8) is 0 Å². The van der Waals surface area contributed by atoms with Crippen LogP contribution in [0.15, 0.2) is 12.1 Å². The Morgan fingerprint density at radius 3 is 2.39 bits per heavy atom. The normalized spacial score (nSPS) is 21.8. The Bertz CT molecular complexity index is 432. The Labute approximate surface area is 125 Å². The second-order valence-corrected chi connectivity index (χ2v) is 4.93. The summed E-state index contributed by atoms with van der Waals surface area (Å²) in [4.78, 5) is 0. The van der Waals surface area contributed by atoms with Crippen molar-refractivity contribution in [2.75, 3.05) is 20.8 Å². The minimum Gasteiger partial charge on any atom is -0.493 e. The molecule has 1 aromatic carbocycles. The summed E-state index contributed by atoms with van der Waals surface area (Å²) in [6, 6.07) is 4.83. The summed E-state index contributed by atoms with van der Waals surface area (Å²) in [5.41, 5.74) is 2.83. The first kappa shape index (κ1) is 13.9. The van der Waals surface area contributed by atoms with Gasteiger partial charge >= 0.3 is 0 Å². The van der Waals surface area contributed by atoms with Gasteiger partial charge in [-0.3, -0.25) is 0 Å². The van der Waals surface area contributed by atoms with E-state index in [1.807, 2.05) is 0 Å². The SMILES string of the molecule is COc1cc2c(cc1OC)C(C1CC1)NCC2.I. The molecule has 0 aromatic heterocycles. The van der Waals surface area contributed by atoms with Crippen LogP contribution in [0.3, 0.4) is 0 Å². The minimum atomic E-state index is 0. The number of nitrogens with one attached hydrogen (secondary N) is 1. The predicted octanol–water partition coefficient (Wildman–Crippen LogP) is 2.92. The van der Waals surface area contributed by atoms with Crippen LogP contribution in [0, 0.1) is 5.92 Å². The van der Waals surface area contributed by atoms with E-state index in [0.717, 1.165) is 30.4 Å². The van der Waals surface area contributed by atoms with Gasteiger partial charge in [0.2, 0.25) is 0 Å². The highest BCUT2D eigenvalue weighted by Crippen LogP contribution is 2.45. The molecule has 0 saturated heterocycles. The van der Waals surface area contributed by atoms with Crippen LogP contribution in [-0.2, 0) is 6.42 Å². The molecule has 0 radical (unpaired) electrons. The lowest BCUT2D eigenvalue weighted by Crippen LogP contribution is -2.31. The molecule has 3 rings (SSSR count). The van der Waals surface area contributed by atoms with Gasteiger partial charge in [-0.15, -0.1) is 24.0 Å². The van der Waals surface area contributed by atoms with Gasteiger partial charge in [-0.05, 0) is 55.0 Å². The Kier molecular flexibility index (Phi) is 4.37. The Hall–Kier alpha value is -0.490. The van der Waals surface area contributed by atoms with Crippen molar-refractivity contribution in [1.82, 2.24) is 5.32 Å². The summed E-state index contributed by atoms with van der Waals surface area (Å²) in [6.45, 7) is 1.07. The van der Waals surface area contributed by atoms with Crippen molar-refractivity contribution < 1.29 is 9.47 Å². The molecule has 100 valence electrons. The van der Waals surface area contributed by atoms with Gasteiger partial charge in [0.1, 0.15) is 0 Å². The summed E-state index contributed by atoms with van der Waals surface area (Å²) in [5.74, 6) is 2.52. The highest BCUT2D eigenvalue weighted by atomic mass is 127. The molecule has 1 heterocycles. The van der Waals surface area contributed by atoms with E-state index < -0.39 is 0 Å². The zero-order valence-electron chi connectivity index (χ0n) is 10.9. The summed E-state index contributed by atoms with van der Waals surface area (Å²) in [6.07, 6.45) is 3.79. The fourth-order valence-corrected chi connectivity index (χ4v) is 2.77. The molecule has 2 aliphatic rings. The number of methoxy groups -OCH3 is 2.